The largest absolute Gasteiger partial charge is 0.339 e. The fourth-order valence-corrected chi connectivity index (χ4v) is 5.62. The highest BCUT2D eigenvalue weighted by molar-refractivity contribution is 7.07. The lowest BCUT2D eigenvalue weighted by Crippen LogP contribution is -2.43. The van der Waals surface area contributed by atoms with E-state index in [4.69, 9.17) is 34.8 Å². The molecule has 4 rings (SSSR count). The van der Waals surface area contributed by atoms with Crippen LogP contribution in [0.15, 0.2) is 63.5 Å². The summed E-state index contributed by atoms with van der Waals surface area (Å²) >= 11 is 19.7. The second kappa shape index (κ2) is 10.1. The third-order valence-corrected chi connectivity index (χ3v) is 7.53. The molecule has 0 fully saturated rings. The summed E-state index contributed by atoms with van der Waals surface area (Å²) < 4.78 is 2.05. The van der Waals surface area contributed by atoms with E-state index < -0.39 is 6.04 Å². The number of thiazole rings is 1. The Morgan fingerprint density at radius 3 is 2.35 bits per heavy atom. The number of nitrogens with zero attached hydrogens (tertiary/aromatic N) is 3. The van der Waals surface area contributed by atoms with Crippen molar-refractivity contribution >= 4 is 58.1 Å². The van der Waals surface area contributed by atoms with Gasteiger partial charge in [-0.05, 0) is 62.2 Å². The zero-order chi connectivity index (χ0) is 24.6. The Labute approximate surface area is 216 Å². The number of rotatable bonds is 5. The van der Waals surface area contributed by atoms with Crippen LogP contribution in [0.25, 0.3) is 6.08 Å². The minimum Gasteiger partial charge on any atom is -0.339 e. The van der Waals surface area contributed by atoms with E-state index in [1.54, 1.807) is 45.9 Å². The maximum absolute atomic E-state index is 13.7. The van der Waals surface area contributed by atoms with E-state index in [9.17, 15) is 9.59 Å². The Kier molecular flexibility index (Phi) is 7.33. The van der Waals surface area contributed by atoms with Crippen molar-refractivity contribution in [1.82, 2.24) is 9.47 Å². The lowest BCUT2D eigenvalue weighted by atomic mass is 9.94. The molecular formula is C25H22Cl3N3O2S. The monoisotopic (exact) mass is 533 g/mol. The van der Waals surface area contributed by atoms with Gasteiger partial charge in [0.1, 0.15) is 0 Å². The van der Waals surface area contributed by atoms with Crippen LogP contribution in [0.3, 0.4) is 0 Å². The van der Waals surface area contributed by atoms with E-state index in [0.717, 1.165) is 5.56 Å². The second-order valence-corrected chi connectivity index (χ2v) is 10.1. The summed E-state index contributed by atoms with van der Waals surface area (Å²) in [7, 11) is 0. The van der Waals surface area contributed by atoms with E-state index in [2.05, 4.69) is 4.99 Å². The SMILES string of the molecule is CCN(CC)C(=O)C1=C(C)N=c2s/c(=C/c3ccc(Cl)cc3Cl)c(=O)n2[C@H]1c1ccc(Cl)cc1. The zero-order valence-electron chi connectivity index (χ0n) is 18.8. The van der Waals surface area contributed by atoms with E-state index >= 15 is 0 Å². The molecule has 3 aromatic rings. The number of hydrogen-bond donors (Lipinski definition) is 0. The highest BCUT2D eigenvalue weighted by Gasteiger charge is 2.34. The van der Waals surface area contributed by atoms with E-state index in [1.165, 1.54) is 11.3 Å². The summed E-state index contributed by atoms with van der Waals surface area (Å²) in [5, 5.41) is 1.54. The molecule has 1 amide bonds. The highest BCUT2D eigenvalue weighted by Crippen LogP contribution is 2.32. The fourth-order valence-electron chi connectivity index (χ4n) is 4.00. The van der Waals surface area contributed by atoms with Crippen molar-refractivity contribution in [3.8, 4) is 0 Å². The first kappa shape index (κ1) is 24.7. The molecule has 2 heterocycles. The smallest absolute Gasteiger partial charge is 0.271 e. The maximum Gasteiger partial charge on any atom is 0.271 e. The Balaban J connectivity index is 1.97. The number of amides is 1. The molecule has 2 aromatic carbocycles. The number of halogens is 3. The molecule has 34 heavy (non-hydrogen) atoms. The Morgan fingerprint density at radius 1 is 1.09 bits per heavy atom. The first-order valence-corrected chi connectivity index (χ1v) is 12.7. The molecule has 0 saturated heterocycles. The van der Waals surface area contributed by atoms with Crippen LogP contribution in [0.5, 0.6) is 0 Å². The molecule has 1 aliphatic heterocycles. The predicted octanol–water partition coefficient (Wildman–Crippen LogP) is 5.06. The van der Waals surface area contributed by atoms with Gasteiger partial charge < -0.3 is 4.90 Å². The number of benzene rings is 2. The van der Waals surface area contributed by atoms with E-state index in [-0.39, 0.29) is 11.5 Å². The molecular weight excluding hydrogens is 513 g/mol. The van der Waals surface area contributed by atoms with Gasteiger partial charge in [0.05, 0.1) is 21.8 Å². The summed E-state index contributed by atoms with van der Waals surface area (Å²) in [6, 6.07) is 11.7. The lowest BCUT2D eigenvalue weighted by molar-refractivity contribution is -0.127. The Morgan fingerprint density at radius 2 is 1.74 bits per heavy atom. The maximum atomic E-state index is 13.7. The first-order chi connectivity index (χ1) is 16.2. The molecule has 0 aliphatic carbocycles. The second-order valence-electron chi connectivity index (χ2n) is 7.78. The number of fused-ring (bicyclic) bond motifs is 1. The number of carbonyl (C=O) groups is 1. The molecule has 9 heteroatoms. The van der Waals surface area contributed by atoms with Crippen LogP contribution in [-0.4, -0.2) is 28.5 Å². The summed E-state index contributed by atoms with van der Waals surface area (Å²) in [6.45, 7) is 6.78. The van der Waals surface area contributed by atoms with Crippen LogP contribution >= 0.6 is 46.1 Å². The van der Waals surface area contributed by atoms with Gasteiger partial charge >= 0.3 is 0 Å². The van der Waals surface area contributed by atoms with Gasteiger partial charge in [0.25, 0.3) is 11.5 Å². The van der Waals surface area contributed by atoms with Crippen LogP contribution in [-0.2, 0) is 4.79 Å². The molecule has 1 aromatic heterocycles. The van der Waals surface area contributed by atoms with Crippen LogP contribution in [0, 0.1) is 0 Å². The molecule has 1 atom stereocenters. The summed E-state index contributed by atoms with van der Waals surface area (Å²) in [5.41, 5.74) is 2.29. The Hall–Kier alpha value is -2.38. The van der Waals surface area contributed by atoms with E-state index in [0.29, 0.717) is 54.3 Å². The van der Waals surface area contributed by atoms with Crippen LogP contribution in [0.2, 0.25) is 15.1 Å². The molecule has 0 spiro atoms. The van der Waals surface area contributed by atoms with Crippen molar-refractivity contribution in [2.45, 2.75) is 26.8 Å². The van der Waals surface area contributed by atoms with Gasteiger partial charge in [-0.2, -0.15) is 0 Å². The summed E-state index contributed by atoms with van der Waals surface area (Å²) in [5.74, 6) is -0.138. The summed E-state index contributed by atoms with van der Waals surface area (Å²) in [6.07, 6.45) is 1.73. The van der Waals surface area contributed by atoms with Crippen molar-refractivity contribution in [3.63, 3.8) is 0 Å². The number of likely N-dealkylation sites (N-methyl/N-ethyl adjacent to an activating group) is 1. The normalized spacial score (nSPS) is 15.8. The molecule has 0 radical (unpaired) electrons. The minimum absolute atomic E-state index is 0.138. The quantitative estimate of drug-likeness (QED) is 0.459. The molecule has 0 unspecified atom stereocenters. The van der Waals surface area contributed by atoms with Gasteiger partial charge in [-0.1, -0.05) is 64.3 Å². The van der Waals surface area contributed by atoms with Crippen molar-refractivity contribution in [1.29, 1.82) is 0 Å². The lowest BCUT2D eigenvalue weighted by Gasteiger charge is -2.29. The Bertz CT molecular complexity index is 1470. The molecule has 5 nitrogen and oxygen atoms in total. The fraction of sp³-hybridized carbons (Fsp3) is 0.240. The minimum atomic E-state index is -0.621. The van der Waals surface area contributed by atoms with Crippen molar-refractivity contribution in [3.05, 3.63) is 99.6 Å². The predicted molar refractivity (Wildman–Crippen MR) is 140 cm³/mol. The van der Waals surface area contributed by atoms with Gasteiger partial charge in [0, 0.05) is 28.2 Å². The topological polar surface area (TPSA) is 54.7 Å². The molecule has 0 saturated carbocycles. The summed E-state index contributed by atoms with van der Waals surface area (Å²) in [4.78, 5) is 34.1. The average molecular weight is 535 g/mol. The van der Waals surface area contributed by atoms with Gasteiger partial charge in [-0.25, -0.2) is 4.99 Å². The van der Waals surface area contributed by atoms with Crippen molar-refractivity contribution < 1.29 is 4.79 Å². The number of hydrogen-bond acceptors (Lipinski definition) is 4. The van der Waals surface area contributed by atoms with Crippen LogP contribution < -0.4 is 14.9 Å². The van der Waals surface area contributed by atoms with Crippen molar-refractivity contribution in [2.75, 3.05) is 13.1 Å². The number of carbonyl (C=O) groups excluding carboxylic acids is 1. The molecule has 176 valence electrons. The standard InChI is InChI=1S/C25H22Cl3N3O2S/c1-4-30(5-2)24(33)21-14(3)29-25-31(22(21)15-6-9-17(26)10-7-15)23(32)20(34-25)12-16-8-11-18(27)13-19(16)28/h6-13,22H,4-5H2,1-3H3/b20-12+/t22-/m0/s1. The third kappa shape index (κ3) is 4.60. The first-order valence-electron chi connectivity index (χ1n) is 10.8. The molecule has 0 N–H and O–H groups in total. The number of aromatic nitrogens is 1. The zero-order valence-corrected chi connectivity index (χ0v) is 21.9. The van der Waals surface area contributed by atoms with Gasteiger partial charge in [0.2, 0.25) is 0 Å². The van der Waals surface area contributed by atoms with Crippen molar-refractivity contribution in [2.24, 2.45) is 4.99 Å². The van der Waals surface area contributed by atoms with Gasteiger partial charge in [0.15, 0.2) is 4.80 Å². The van der Waals surface area contributed by atoms with Crippen LogP contribution in [0.4, 0.5) is 0 Å². The van der Waals surface area contributed by atoms with Gasteiger partial charge in [-0.15, -0.1) is 0 Å². The number of allylic oxidation sites excluding steroid dienone is 1. The van der Waals surface area contributed by atoms with Gasteiger partial charge in [-0.3, -0.25) is 14.2 Å². The highest BCUT2D eigenvalue weighted by atomic mass is 35.5. The average Bonchev–Trinajstić information content (AvgIpc) is 3.10. The third-order valence-electron chi connectivity index (χ3n) is 5.74. The van der Waals surface area contributed by atoms with Crippen LogP contribution in [0.1, 0.15) is 37.9 Å². The molecule has 0 bridgehead atoms. The molecule has 1 aliphatic rings. The van der Waals surface area contributed by atoms with E-state index in [1.807, 2.05) is 32.9 Å².